The molecule has 1 aliphatic heterocycles. The standard InChI is InChI=1S/C12H12BrNO3S/c13-10-11(17)14(6-9(15)16)12(10)18-7-8-4-2-1-3-5-8/h1-5,10,12H,6-7H2,(H,15,16)/t10-,12-/m1/s1. The van der Waals surface area contributed by atoms with Gasteiger partial charge >= 0.3 is 5.97 Å². The van der Waals surface area contributed by atoms with Gasteiger partial charge in [0.1, 0.15) is 16.7 Å². The van der Waals surface area contributed by atoms with Crippen LogP contribution in [0.4, 0.5) is 0 Å². The van der Waals surface area contributed by atoms with E-state index in [4.69, 9.17) is 5.11 Å². The van der Waals surface area contributed by atoms with E-state index >= 15 is 0 Å². The molecule has 1 amide bonds. The first-order valence-electron chi connectivity index (χ1n) is 5.41. The lowest BCUT2D eigenvalue weighted by atomic mass is 10.2. The van der Waals surface area contributed by atoms with Gasteiger partial charge in [0.25, 0.3) is 0 Å². The molecule has 1 aromatic rings. The Bertz CT molecular complexity index is 454. The summed E-state index contributed by atoms with van der Waals surface area (Å²) in [7, 11) is 0. The SMILES string of the molecule is O=C(O)CN1C(=O)[C@@H](Br)[C@H]1SCc1ccccc1. The molecule has 18 heavy (non-hydrogen) atoms. The molecule has 0 saturated carbocycles. The van der Waals surface area contributed by atoms with Gasteiger partial charge in [-0.15, -0.1) is 11.8 Å². The van der Waals surface area contributed by atoms with E-state index < -0.39 is 5.97 Å². The molecule has 1 aliphatic rings. The minimum atomic E-state index is -0.979. The third-order valence-electron chi connectivity index (χ3n) is 2.65. The van der Waals surface area contributed by atoms with E-state index in [1.54, 1.807) is 11.8 Å². The number of alkyl halides is 1. The summed E-state index contributed by atoms with van der Waals surface area (Å²) < 4.78 is 0. The van der Waals surface area contributed by atoms with E-state index in [1.807, 2.05) is 30.3 Å². The van der Waals surface area contributed by atoms with E-state index in [-0.39, 0.29) is 22.7 Å². The molecule has 1 fully saturated rings. The van der Waals surface area contributed by atoms with Crippen LogP contribution in [-0.2, 0) is 15.3 Å². The molecule has 0 unspecified atom stereocenters. The molecule has 6 heteroatoms. The zero-order valence-corrected chi connectivity index (χ0v) is 11.9. The van der Waals surface area contributed by atoms with Crippen molar-refractivity contribution in [3.63, 3.8) is 0 Å². The molecule has 1 heterocycles. The minimum absolute atomic E-state index is 0.103. The number of amides is 1. The first-order chi connectivity index (χ1) is 8.59. The number of carbonyl (C=O) groups excluding carboxylic acids is 1. The van der Waals surface area contributed by atoms with Crippen molar-refractivity contribution >= 4 is 39.6 Å². The molecule has 2 rings (SSSR count). The van der Waals surface area contributed by atoms with Crippen LogP contribution in [0.1, 0.15) is 5.56 Å². The highest BCUT2D eigenvalue weighted by atomic mass is 79.9. The van der Waals surface area contributed by atoms with Crippen LogP contribution in [-0.4, -0.2) is 38.6 Å². The molecular formula is C12H12BrNO3S. The highest BCUT2D eigenvalue weighted by Crippen LogP contribution is 2.36. The molecule has 1 saturated heterocycles. The van der Waals surface area contributed by atoms with Gasteiger partial charge in [-0.2, -0.15) is 0 Å². The Morgan fingerprint density at radius 3 is 2.67 bits per heavy atom. The Labute approximate surface area is 117 Å². The largest absolute Gasteiger partial charge is 0.480 e. The molecule has 96 valence electrons. The molecule has 1 aromatic carbocycles. The van der Waals surface area contributed by atoms with Crippen molar-refractivity contribution in [2.45, 2.75) is 16.0 Å². The van der Waals surface area contributed by atoms with E-state index in [0.717, 1.165) is 11.3 Å². The molecule has 0 spiro atoms. The number of hydrogen-bond acceptors (Lipinski definition) is 3. The fourth-order valence-corrected chi connectivity index (χ4v) is 3.93. The average molecular weight is 330 g/mol. The van der Waals surface area contributed by atoms with Gasteiger partial charge in [-0.3, -0.25) is 9.59 Å². The maximum Gasteiger partial charge on any atom is 0.323 e. The number of halogens is 1. The summed E-state index contributed by atoms with van der Waals surface area (Å²) in [6.45, 7) is -0.229. The van der Waals surface area contributed by atoms with Gasteiger partial charge in [-0.05, 0) is 5.56 Å². The van der Waals surface area contributed by atoms with Crippen LogP contribution in [0.2, 0.25) is 0 Å². The number of nitrogens with zero attached hydrogens (tertiary/aromatic N) is 1. The number of β-lactam (4-membered cyclic amide) rings is 1. The molecule has 0 radical (unpaired) electrons. The Balaban J connectivity index is 1.92. The number of carboxylic acids is 1. The Morgan fingerprint density at radius 1 is 1.39 bits per heavy atom. The van der Waals surface area contributed by atoms with Crippen molar-refractivity contribution in [2.24, 2.45) is 0 Å². The zero-order valence-electron chi connectivity index (χ0n) is 9.45. The number of thioether (sulfide) groups is 1. The lowest BCUT2D eigenvalue weighted by Gasteiger charge is -2.43. The number of hydrogen-bond donors (Lipinski definition) is 1. The maximum atomic E-state index is 11.5. The summed E-state index contributed by atoms with van der Waals surface area (Å²) in [6.07, 6.45) is 0. The van der Waals surface area contributed by atoms with Crippen LogP contribution < -0.4 is 0 Å². The van der Waals surface area contributed by atoms with Gasteiger partial charge in [0.2, 0.25) is 5.91 Å². The minimum Gasteiger partial charge on any atom is -0.480 e. The first kappa shape index (κ1) is 13.4. The van der Waals surface area contributed by atoms with Crippen LogP contribution in [0.5, 0.6) is 0 Å². The van der Waals surface area contributed by atoms with Gasteiger partial charge in [0.15, 0.2) is 0 Å². The van der Waals surface area contributed by atoms with E-state index in [1.165, 1.54) is 4.90 Å². The number of carboxylic acid groups (broad SMARTS) is 1. The van der Waals surface area contributed by atoms with Crippen LogP contribution in [0.25, 0.3) is 0 Å². The third kappa shape index (κ3) is 2.87. The summed E-state index contributed by atoms with van der Waals surface area (Å²) in [5, 5.41) is 8.63. The van der Waals surface area contributed by atoms with Gasteiger partial charge in [-0.25, -0.2) is 0 Å². The lowest BCUT2D eigenvalue weighted by molar-refractivity contribution is -0.150. The van der Waals surface area contributed by atoms with Crippen molar-refractivity contribution in [3.05, 3.63) is 35.9 Å². The summed E-state index contributed by atoms with van der Waals surface area (Å²) in [5.74, 6) is -0.368. The second-order valence-corrected chi connectivity index (χ2v) is 6.04. The van der Waals surface area contributed by atoms with Crippen molar-refractivity contribution < 1.29 is 14.7 Å². The monoisotopic (exact) mass is 329 g/mol. The maximum absolute atomic E-state index is 11.5. The smallest absolute Gasteiger partial charge is 0.323 e. The molecular weight excluding hydrogens is 318 g/mol. The first-order valence-corrected chi connectivity index (χ1v) is 7.38. The van der Waals surface area contributed by atoms with E-state index in [9.17, 15) is 9.59 Å². The Hall–Kier alpha value is -1.01. The number of carbonyl (C=O) groups is 2. The predicted octanol–water partition coefficient (Wildman–Crippen LogP) is 1.94. The van der Waals surface area contributed by atoms with Crippen LogP contribution in [0.3, 0.4) is 0 Å². The Morgan fingerprint density at radius 2 is 2.06 bits per heavy atom. The van der Waals surface area contributed by atoms with Gasteiger partial charge in [-0.1, -0.05) is 46.3 Å². The molecule has 2 atom stereocenters. The molecule has 1 N–H and O–H groups in total. The van der Waals surface area contributed by atoms with Crippen molar-refractivity contribution in [1.82, 2.24) is 4.90 Å². The second-order valence-electron chi connectivity index (χ2n) is 3.95. The Kier molecular flexibility index (Phi) is 4.29. The van der Waals surface area contributed by atoms with Gasteiger partial charge in [0, 0.05) is 5.75 Å². The van der Waals surface area contributed by atoms with Gasteiger partial charge < -0.3 is 10.0 Å². The zero-order chi connectivity index (χ0) is 13.1. The van der Waals surface area contributed by atoms with Crippen LogP contribution in [0, 0.1) is 0 Å². The summed E-state index contributed by atoms with van der Waals surface area (Å²) in [6, 6.07) is 9.90. The normalized spacial score (nSPS) is 22.7. The second kappa shape index (κ2) is 5.75. The number of aliphatic carboxylic acids is 1. The van der Waals surface area contributed by atoms with Crippen LogP contribution in [0.15, 0.2) is 30.3 Å². The highest BCUT2D eigenvalue weighted by molar-refractivity contribution is 9.10. The number of rotatable bonds is 5. The number of benzene rings is 1. The molecule has 4 nitrogen and oxygen atoms in total. The summed E-state index contributed by atoms with van der Waals surface area (Å²) in [5.41, 5.74) is 1.16. The molecule has 0 aromatic heterocycles. The summed E-state index contributed by atoms with van der Waals surface area (Å²) >= 11 is 4.86. The fourth-order valence-electron chi connectivity index (χ4n) is 1.73. The van der Waals surface area contributed by atoms with Crippen molar-refractivity contribution in [1.29, 1.82) is 0 Å². The molecule has 0 aliphatic carbocycles. The summed E-state index contributed by atoms with van der Waals surface area (Å²) in [4.78, 5) is 23.3. The highest BCUT2D eigenvalue weighted by Gasteiger charge is 2.46. The number of likely N-dealkylation sites (tertiary alicyclic amines) is 1. The van der Waals surface area contributed by atoms with E-state index in [2.05, 4.69) is 15.9 Å². The van der Waals surface area contributed by atoms with E-state index in [0.29, 0.717) is 0 Å². The van der Waals surface area contributed by atoms with Crippen molar-refractivity contribution in [2.75, 3.05) is 6.54 Å². The van der Waals surface area contributed by atoms with Crippen molar-refractivity contribution in [3.8, 4) is 0 Å². The predicted molar refractivity (Wildman–Crippen MR) is 73.6 cm³/mol. The quantitative estimate of drug-likeness (QED) is 0.662. The van der Waals surface area contributed by atoms with Crippen LogP contribution >= 0.6 is 27.7 Å². The topological polar surface area (TPSA) is 57.6 Å². The fraction of sp³-hybridized carbons (Fsp3) is 0.333. The average Bonchev–Trinajstić information content (AvgIpc) is 2.38. The lowest BCUT2D eigenvalue weighted by Crippen LogP contribution is -2.61. The van der Waals surface area contributed by atoms with Gasteiger partial charge in [0.05, 0.1) is 0 Å². The third-order valence-corrected chi connectivity index (χ3v) is 5.26. The molecule has 0 bridgehead atoms.